The Morgan fingerprint density at radius 2 is 1.84 bits per heavy atom. The van der Waals surface area contributed by atoms with Gasteiger partial charge in [-0.2, -0.15) is 18.3 Å². The van der Waals surface area contributed by atoms with Gasteiger partial charge in [0.25, 0.3) is 5.91 Å². The summed E-state index contributed by atoms with van der Waals surface area (Å²) < 4.78 is 45.6. The first kappa shape index (κ1) is 26.3. The van der Waals surface area contributed by atoms with Gasteiger partial charge in [-0.05, 0) is 76.9 Å². The lowest BCUT2D eigenvalue weighted by Gasteiger charge is -2.37. The van der Waals surface area contributed by atoms with Crippen molar-refractivity contribution in [3.63, 3.8) is 0 Å². The van der Waals surface area contributed by atoms with Gasteiger partial charge in [0, 0.05) is 30.5 Å². The molecule has 38 heavy (non-hydrogen) atoms. The summed E-state index contributed by atoms with van der Waals surface area (Å²) in [6.45, 7) is 8.72. The van der Waals surface area contributed by atoms with Gasteiger partial charge in [0.2, 0.25) is 0 Å². The molecule has 2 atom stereocenters. The fraction of sp³-hybridized carbons (Fsp3) is 0.481. The van der Waals surface area contributed by atoms with Crippen molar-refractivity contribution in [2.45, 2.75) is 64.3 Å². The number of likely N-dealkylation sites (tertiary alicyclic amines) is 1. The SMILES string of the molecule is Cc1cc(NC(=O)c2cnn(-c3ccc(C(F)(F)F)cn3)c2C)cnc1C1CCN(C2CCOC2C)CC1. The van der Waals surface area contributed by atoms with Crippen LogP contribution >= 0.6 is 0 Å². The third-order valence-corrected chi connectivity index (χ3v) is 7.64. The van der Waals surface area contributed by atoms with Crippen molar-refractivity contribution in [2.75, 3.05) is 25.0 Å². The molecule has 1 amide bonds. The Kier molecular flexibility index (Phi) is 7.23. The third-order valence-electron chi connectivity index (χ3n) is 7.64. The molecule has 0 saturated carbocycles. The standard InChI is InChI=1S/C27H31F3N6O2/c1-16-12-21(14-32-25(16)19-6-9-35(10-7-19)23-8-11-38-18(23)3)34-26(37)22-15-33-36(17(22)2)24-5-4-20(13-31-24)27(28,29)30/h4-5,12-15,18-19,23H,6-11H2,1-3H3,(H,34,37). The molecule has 2 saturated heterocycles. The summed E-state index contributed by atoms with van der Waals surface area (Å²) in [5.41, 5.74) is 2.58. The van der Waals surface area contributed by atoms with E-state index < -0.39 is 11.7 Å². The second-order valence-corrected chi connectivity index (χ2v) is 10.1. The Hall–Kier alpha value is -3.31. The van der Waals surface area contributed by atoms with Crippen molar-refractivity contribution in [2.24, 2.45) is 0 Å². The molecule has 5 heterocycles. The van der Waals surface area contributed by atoms with E-state index in [0.29, 0.717) is 28.9 Å². The summed E-state index contributed by atoms with van der Waals surface area (Å²) in [6.07, 6.45) is 2.79. The second kappa shape index (κ2) is 10.5. The molecule has 0 aliphatic carbocycles. The number of carbonyl (C=O) groups excluding carboxylic acids is 1. The van der Waals surface area contributed by atoms with Crippen LogP contribution in [0.2, 0.25) is 0 Å². The number of anilines is 1. The minimum absolute atomic E-state index is 0.192. The monoisotopic (exact) mass is 528 g/mol. The fourth-order valence-electron chi connectivity index (χ4n) is 5.53. The molecule has 3 aromatic heterocycles. The minimum Gasteiger partial charge on any atom is -0.377 e. The van der Waals surface area contributed by atoms with E-state index in [4.69, 9.17) is 9.72 Å². The van der Waals surface area contributed by atoms with E-state index in [9.17, 15) is 18.0 Å². The molecule has 2 unspecified atom stereocenters. The number of pyridine rings is 2. The lowest BCUT2D eigenvalue weighted by Crippen LogP contribution is -2.44. The maximum absolute atomic E-state index is 13.0. The van der Waals surface area contributed by atoms with Gasteiger partial charge >= 0.3 is 6.18 Å². The number of piperidine rings is 1. The average molecular weight is 529 g/mol. The highest BCUT2D eigenvalue weighted by molar-refractivity contribution is 6.04. The first-order valence-electron chi connectivity index (χ1n) is 12.8. The van der Waals surface area contributed by atoms with Crippen molar-refractivity contribution in [1.82, 2.24) is 24.6 Å². The first-order valence-corrected chi connectivity index (χ1v) is 12.8. The highest BCUT2D eigenvalue weighted by atomic mass is 19.4. The number of amides is 1. The Bertz CT molecular complexity index is 1300. The molecule has 0 aromatic carbocycles. The summed E-state index contributed by atoms with van der Waals surface area (Å²) in [4.78, 5) is 24.1. The number of alkyl halides is 3. The normalized spacial score (nSPS) is 21.1. The zero-order valence-corrected chi connectivity index (χ0v) is 21.6. The number of hydrogen-bond acceptors (Lipinski definition) is 6. The number of nitrogens with one attached hydrogen (secondary N) is 1. The molecule has 0 bridgehead atoms. The van der Waals surface area contributed by atoms with E-state index in [1.807, 2.05) is 13.0 Å². The molecule has 5 rings (SSSR count). The number of hydrogen-bond donors (Lipinski definition) is 1. The van der Waals surface area contributed by atoms with Gasteiger partial charge in [-0.3, -0.25) is 14.7 Å². The van der Waals surface area contributed by atoms with Crippen molar-refractivity contribution in [1.29, 1.82) is 0 Å². The molecule has 2 aliphatic heterocycles. The van der Waals surface area contributed by atoms with Crippen LogP contribution in [0.15, 0.2) is 36.8 Å². The van der Waals surface area contributed by atoms with Crippen LogP contribution in [0.4, 0.5) is 18.9 Å². The summed E-state index contributed by atoms with van der Waals surface area (Å²) in [7, 11) is 0. The van der Waals surface area contributed by atoms with Gasteiger partial charge < -0.3 is 10.1 Å². The number of ether oxygens (including phenoxy) is 1. The van der Waals surface area contributed by atoms with Gasteiger partial charge in [-0.1, -0.05) is 0 Å². The van der Waals surface area contributed by atoms with E-state index in [0.717, 1.165) is 62.5 Å². The summed E-state index contributed by atoms with van der Waals surface area (Å²) >= 11 is 0. The van der Waals surface area contributed by atoms with E-state index in [1.54, 1.807) is 13.1 Å². The fourth-order valence-corrected chi connectivity index (χ4v) is 5.53. The molecule has 202 valence electrons. The molecule has 8 nitrogen and oxygen atoms in total. The van der Waals surface area contributed by atoms with Crippen LogP contribution in [-0.4, -0.2) is 62.4 Å². The molecule has 1 N–H and O–H groups in total. The van der Waals surface area contributed by atoms with Crippen LogP contribution < -0.4 is 5.32 Å². The lowest BCUT2D eigenvalue weighted by atomic mass is 9.89. The lowest BCUT2D eigenvalue weighted by molar-refractivity contribution is -0.137. The molecule has 2 aliphatic rings. The van der Waals surface area contributed by atoms with Gasteiger partial charge in [-0.15, -0.1) is 0 Å². The quantitative estimate of drug-likeness (QED) is 0.507. The van der Waals surface area contributed by atoms with E-state index in [1.165, 1.54) is 16.9 Å². The molecular formula is C27H31F3N6O2. The Morgan fingerprint density at radius 3 is 2.45 bits per heavy atom. The van der Waals surface area contributed by atoms with E-state index in [-0.39, 0.29) is 17.8 Å². The Balaban J connectivity index is 1.23. The summed E-state index contributed by atoms with van der Waals surface area (Å²) in [5.74, 6) is 0.193. The number of aryl methyl sites for hydroxylation is 1. The average Bonchev–Trinajstić information content (AvgIpc) is 3.49. The number of rotatable bonds is 5. The van der Waals surface area contributed by atoms with Crippen LogP contribution in [0.1, 0.15) is 65.0 Å². The van der Waals surface area contributed by atoms with Gasteiger partial charge in [0.05, 0.1) is 41.0 Å². The van der Waals surface area contributed by atoms with E-state index >= 15 is 0 Å². The van der Waals surface area contributed by atoms with E-state index in [2.05, 4.69) is 27.2 Å². The Labute approximate surface area is 219 Å². The predicted octanol–water partition coefficient (Wildman–Crippen LogP) is 4.91. The smallest absolute Gasteiger partial charge is 0.377 e. The third kappa shape index (κ3) is 5.30. The number of halogens is 3. The second-order valence-electron chi connectivity index (χ2n) is 10.1. The maximum atomic E-state index is 13.0. The van der Waals surface area contributed by atoms with Crippen molar-refractivity contribution < 1.29 is 22.7 Å². The topological polar surface area (TPSA) is 85.2 Å². The molecule has 11 heteroatoms. The van der Waals surface area contributed by atoms with Crippen LogP contribution in [0.5, 0.6) is 0 Å². The zero-order chi connectivity index (χ0) is 27.0. The van der Waals surface area contributed by atoms with Crippen LogP contribution in [-0.2, 0) is 10.9 Å². The van der Waals surface area contributed by atoms with Gasteiger partial charge in [0.1, 0.15) is 0 Å². The molecule has 2 fully saturated rings. The number of nitrogens with zero attached hydrogens (tertiary/aromatic N) is 5. The first-order chi connectivity index (χ1) is 18.1. The summed E-state index contributed by atoms with van der Waals surface area (Å²) in [5, 5.41) is 7.02. The molecule has 0 spiro atoms. The zero-order valence-electron chi connectivity index (χ0n) is 21.6. The largest absolute Gasteiger partial charge is 0.417 e. The molecule has 0 radical (unpaired) electrons. The van der Waals surface area contributed by atoms with Gasteiger partial charge in [0.15, 0.2) is 5.82 Å². The van der Waals surface area contributed by atoms with Crippen molar-refractivity contribution in [3.05, 3.63) is 64.9 Å². The van der Waals surface area contributed by atoms with Crippen molar-refractivity contribution in [3.8, 4) is 5.82 Å². The van der Waals surface area contributed by atoms with Gasteiger partial charge in [-0.25, -0.2) is 9.67 Å². The maximum Gasteiger partial charge on any atom is 0.417 e. The highest BCUT2D eigenvalue weighted by Crippen LogP contribution is 2.33. The van der Waals surface area contributed by atoms with Crippen molar-refractivity contribution >= 4 is 11.6 Å². The Morgan fingerprint density at radius 1 is 1.08 bits per heavy atom. The molecule has 3 aromatic rings. The van der Waals surface area contributed by atoms with Crippen LogP contribution in [0.25, 0.3) is 5.82 Å². The van der Waals surface area contributed by atoms with Crippen LogP contribution in [0, 0.1) is 13.8 Å². The highest BCUT2D eigenvalue weighted by Gasteiger charge is 2.33. The number of aromatic nitrogens is 4. The summed E-state index contributed by atoms with van der Waals surface area (Å²) in [6, 6.07) is 4.59. The minimum atomic E-state index is -4.47. The van der Waals surface area contributed by atoms with Crippen LogP contribution in [0.3, 0.4) is 0 Å². The molecular weight excluding hydrogens is 497 g/mol. The predicted molar refractivity (Wildman–Crippen MR) is 135 cm³/mol. The number of carbonyl (C=O) groups is 1.